The molecule has 1 atom stereocenters. The second kappa shape index (κ2) is 7.78. The zero-order valence-electron chi connectivity index (χ0n) is 18.6. The third-order valence-electron chi connectivity index (χ3n) is 6.11. The molecule has 4 aromatic rings. The highest BCUT2D eigenvalue weighted by molar-refractivity contribution is 6.51. The smallest absolute Gasteiger partial charge is 0.300 e. The van der Waals surface area contributed by atoms with Gasteiger partial charge in [-0.3, -0.25) is 14.5 Å². The summed E-state index contributed by atoms with van der Waals surface area (Å²) in [6.45, 7) is 5.67. The van der Waals surface area contributed by atoms with Crippen LogP contribution in [0.2, 0.25) is 0 Å². The minimum absolute atomic E-state index is 0.0182. The Morgan fingerprint density at radius 2 is 1.64 bits per heavy atom. The Kier molecular flexibility index (Phi) is 4.90. The number of anilines is 1. The van der Waals surface area contributed by atoms with Crippen LogP contribution >= 0.6 is 0 Å². The lowest BCUT2D eigenvalue weighted by Gasteiger charge is -2.25. The molecule has 33 heavy (non-hydrogen) atoms. The lowest BCUT2D eigenvalue weighted by molar-refractivity contribution is -0.132. The van der Waals surface area contributed by atoms with E-state index in [1.54, 1.807) is 25.1 Å². The minimum Gasteiger partial charge on any atom is -0.507 e. The molecule has 2 heterocycles. The number of carbonyl (C=O) groups excluding carboxylic acids is 2. The zero-order valence-corrected chi connectivity index (χ0v) is 18.6. The fourth-order valence-corrected chi connectivity index (χ4v) is 4.52. The summed E-state index contributed by atoms with van der Waals surface area (Å²) in [6, 6.07) is 21.6. The lowest BCUT2D eigenvalue weighted by atomic mass is 9.97. The van der Waals surface area contributed by atoms with E-state index in [1.807, 2.05) is 68.4 Å². The number of aliphatic hydroxyl groups excluding tert-OH is 1. The highest BCUT2D eigenvalue weighted by Gasteiger charge is 2.48. The van der Waals surface area contributed by atoms with Gasteiger partial charge >= 0.3 is 0 Å². The standard InChI is InChI=1S/C28H23NO4/c1-16-8-12-22(17(2)14-16)29-25(23-13-9-18(3)33-23)24(27(31)28(29)32)26(30)21-11-10-19-6-4-5-7-20(19)15-21/h4-15,25,30H,1-3H3/b26-24-. The summed E-state index contributed by atoms with van der Waals surface area (Å²) in [5.74, 6) is -0.565. The van der Waals surface area contributed by atoms with E-state index in [4.69, 9.17) is 4.42 Å². The van der Waals surface area contributed by atoms with Gasteiger partial charge in [-0.1, -0.05) is 54.1 Å². The number of aryl methyl sites for hydroxylation is 3. The quantitative estimate of drug-likeness (QED) is 0.243. The number of nitrogens with zero attached hydrogens (tertiary/aromatic N) is 1. The van der Waals surface area contributed by atoms with Gasteiger partial charge in [-0.2, -0.15) is 0 Å². The van der Waals surface area contributed by atoms with E-state index in [0.717, 1.165) is 21.9 Å². The molecule has 0 radical (unpaired) electrons. The first kappa shape index (κ1) is 20.8. The Morgan fingerprint density at radius 3 is 2.33 bits per heavy atom. The van der Waals surface area contributed by atoms with E-state index < -0.39 is 17.7 Å². The molecule has 5 heteroatoms. The van der Waals surface area contributed by atoms with E-state index in [1.165, 1.54) is 4.90 Å². The third kappa shape index (κ3) is 3.42. The van der Waals surface area contributed by atoms with Crippen molar-refractivity contribution >= 4 is 33.9 Å². The Labute approximate surface area is 191 Å². The molecule has 1 aliphatic rings. The van der Waals surface area contributed by atoms with E-state index in [-0.39, 0.29) is 11.3 Å². The zero-order chi connectivity index (χ0) is 23.3. The maximum absolute atomic E-state index is 13.3. The second-order valence-corrected chi connectivity index (χ2v) is 8.47. The number of fused-ring (bicyclic) bond motifs is 1. The maximum Gasteiger partial charge on any atom is 0.300 e. The van der Waals surface area contributed by atoms with E-state index >= 15 is 0 Å². The predicted molar refractivity (Wildman–Crippen MR) is 128 cm³/mol. The summed E-state index contributed by atoms with van der Waals surface area (Å²) < 4.78 is 5.87. The number of ketones is 1. The van der Waals surface area contributed by atoms with Gasteiger partial charge in [0, 0.05) is 11.3 Å². The average molecular weight is 437 g/mol. The molecule has 0 aliphatic carbocycles. The first-order valence-corrected chi connectivity index (χ1v) is 10.8. The summed E-state index contributed by atoms with van der Waals surface area (Å²) in [7, 11) is 0. The molecule has 3 aromatic carbocycles. The first-order chi connectivity index (χ1) is 15.8. The Hall–Kier alpha value is -4.12. The second-order valence-electron chi connectivity index (χ2n) is 8.47. The third-order valence-corrected chi connectivity index (χ3v) is 6.11. The van der Waals surface area contributed by atoms with Crippen LogP contribution in [0.3, 0.4) is 0 Å². The predicted octanol–water partition coefficient (Wildman–Crippen LogP) is 5.98. The molecule has 0 spiro atoms. The summed E-state index contributed by atoms with van der Waals surface area (Å²) in [4.78, 5) is 28.0. The molecule has 5 nitrogen and oxygen atoms in total. The molecule has 1 N–H and O–H groups in total. The molecular weight excluding hydrogens is 414 g/mol. The summed E-state index contributed by atoms with van der Waals surface area (Å²) in [6.07, 6.45) is 0. The van der Waals surface area contributed by atoms with Crippen LogP contribution in [0.25, 0.3) is 16.5 Å². The van der Waals surface area contributed by atoms with Crippen molar-refractivity contribution in [3.05, 3.63) is 107 Å². The summed E-state index contributed by atoms with van der Waals surface area (Å²) >= 11 is 0. The highest BCUT2D eigenvalue weighted by atomic mass is 16.3. The number of benzene rings is 3. The van der Waals surface area contributed by atoms with Crippen LogP contribution < -0.4 is 4.90 Å². The molecule has 1 fully saturated rings. The van der Waals surface area contributed by atoms with E-state index in [0.29, 0.717) is 22.8 Å². The molecule has 1 unspecified atom stereocenters. The van der Waals surface area contributed by atoms with Crippen molar-refractivity contribution in [2.45, 2.75) is 26.8 Å². The molecule has 5 rings (SSSR count). The number of hydrogen-bond acceptors (Lipinski definition) is 4. The van der Waals surface area contributed by atoms with Crippen LogP contribution in [0.4, 0.5) is 5.69 Å². The number of furan rings is 1. The molecule has 164 valence electrons. The molecule has 1 amide bonds. The van der Waals surface area contributed by atoms with Gasteiger partial charge in [-0.15, -0.1) is 0 Å². The number of hydrogen-bond donors (Lipinski definition) is 1. The number of carbonyl (C=O) groups is 2. The van der Waals surface area contributed by atoms with E-state index in [2.05, 4.69) is 0 Å². The van der Waals surface area contributed by atoms with Gasteiger partial charge in [0.2, 0.25) is 0 Å². The van der Waals surface area contributed by atoms with Crippen molar-refractivity contribution in [3.63, 3.8) is 0 Å². The average Bonchev–Trinajstić information content (AvgIpc) is 3.34. The summed E-state index contributed by atoms with van der Waals surface area (Å²) in [5.41, 5.74) is 3.01. The van der Waals surface area contributed by atoms with Crippen LogP contribution in [0, 0.1) is 20.8 Å². The van der Waals surface area contributed by atoms with E-state index in [9.17, 15) is 14.7 Å². The lowest BCUT2D eigenvalue weighted by Crippen LogP contribution is -2.30. The molecule has 1 saturated heterocycles. The highest BCUT2D eigenvalue weighted by Crippen LogP contribution is 2.43. The van der Waals surface area contributed by atoms with Gasteiger partial charge < -0.3 is 9.52 Å². The Balaban J connectivity index is 1.74. The van der Waals surface area contributed by atoms with Crippen LogP contribution in [0.5, 0.6) is 0 Å². The number of Topliss-reactive ketones (excluding diaryl/α,β-unsaturated/α-hetero) is 1. The normalized spacial score (nSPS) is 17.8. The number of amides is 1. The van der Waals surface area contributed by atoms with Crippen molar-refractivity contribution in [2.75, 3.05) is 4.90 Å². The SMILES string of the molecule is Cc1ccc(N2C(=O)C(=O)/C(=C(\O)c3ccc4ccccc4c3)C2c2ccc(C)o2)c(C)c1. The number of aliphatic hydroxyl groups is 1. The maximum atomic E-state index is 13.3. The van der Waals surface area contributed by atoms with Crippen LogP contribution in [0.1, 0.15) is 34.3 Å². The molecule has 0 saturated carbocycles. The van der Waals surface area contributed by atoms with Crippen molar-refractivity contribution in [1.29, 1.82) is 0 Å². The van der Waals surface area contributed by atoms with Gasteiger partial charge in [0.1, 0.15) is 23.3 Å². The number of rotatable bonds is 3. The molecule has 0 bridgehead atoms. The van der Waals surface area contributed by atoms with Crippen molar-refractivity contribution in [2.24, 2.45) is 0 Å². The van der Waals surface area contributed by atoms with Crippen LogP contribution in [-0.2, 0) is 9.59 Å². The Morgan fingerprint density at radius 1 is 0.879 bits per heavy atom. The monoisotopic (exact) mass is 437 g/mol. The van der Waals surface area contributed by atoms with Crippen molar-refractivity contribution in [3.8, 4) is 0 Å². The fraction of sp³-hybridized carbons (Fsp3) is 0.143. The van der Waals surface area contributed by atoms with Crippen LogP contribution in [0.15, 0.2) is 82.8 Å². The van der Waals surface area contributed by atoms with Crippen molar-refractivity contribution < 1.29 is 19.1 Å². The Bertz CT molecular complexity index is 1460. The van der Waals surface area contributed by atoms with Gasteiger partial charge in [0.15, 0.2) is 0 Å². The molecule has 1 aromatic heterocycles. The van der Waals surface area contributed by atoms with Gasteiger partial charge in [-0.05, 0) is 61.4 Å². The van der Waals surface area contributed by atoms with Crippen LogP contribution in [-0.4, -0.2) is 16.8 Å². The van der Waals surface area contributed by atoms with Gasteiger partial charge in [-0.25, -0.2) is 0 Å². The minimum atomic E-state index is -0.869. The van der Waals surface area contributed by atoms with Gasteiger partial charge in [0.25, 0.3) is 11.7 Å². The molecular formula is C28H23NO4. The molecule has 1 aliphatic heterocycles. The first-order valence-electron chi connectivity index (χ1n) is 10.8. The van der Waals surface area contributed by atoms with Gasteiger partial charge in [0.05, 0.1) is 5.57 Å². The fourth-order valence-electron chi connectivity index (χ4n) is 4.52. The largest absolute Gasteiger partial charge is 0.507 e. The topological polar surface area (TPSA) is 70.8 Å². The van der Waals surface area contributed by atoms with Crippen molar-refractivity contribution in [1.82, 2.24) is 0 Å². The summed E-state index contributed by atoms with van der Waals surface area (Å²) in [5, 5.41) is 13.3.